The molecule has 1 N–H and O–H groups in total. The lowest BCUT2D eigenvalue weighted by Crippen LogP contribution is -2.04. The second-order valence-electron chi connectivity index (χ2n) is 3.68. The molecular formula is C13H21NS. The molecule has 0 saturated heterocycles. The van der Waals surface area contributed by atoms with Crippen molar-refractivity contribution in [1.29, 1.82) is 0 Å². The summed E-state index contributed by atoms with van der Waals surface area (Å²) in [5.74, 6) is 1.24. The molecule has 84 valence electrons. The first-order chi connectivity index (χ1) is 7.38. The Balaban J connectivity index is 2.44. The van der Waals surface area contributed by atoms with Crippen LogP contribution in [-0.4, -0.2) is 18.6 Å². The van der Waals surface area contributed by atoms with Gasteiger partial charge in [0.05, 0.1) is 0 Å². The molecule has 0 aliphatic carbocycles. The van der Waals surface area contributed by atoms with E-state index in [2.05, 4.69) is 42.8 Å². The zero-order chi connectivity index (χ0) is 10.9. The molecule has 15 heavy (non-hydrogen) atoms. The van der Waals surface area contributed by atoms with Gasteiger partial charge in [0.15, 0.2) is 0 Å². The molecular weight excluding hydrogens is 202 g/mol. The number of aryl methyl sites for hydroxylation is 1. The van der Waals surface area contributed by atoms with Crippen molar-refractivity contribution in [2.45, 2.75) is 26.2 Å². The third kappa shape index (κ3) is 4.61. The second kappa shape index (κ2) is 7.63. The van der Waals surface area contributed by atoms with Crippen LogP contribution < -0.4 is 5.32 Å². The van der Waals surface area contributed by atoms with Crippen LogP contribution in [0, 0.1) is 0 Å². The molecule has 0 saturated carbocycles. The van der Waals surface area contributed by atoms with E-state index in [4.69, 9.17) is 0 Å². The standard InChI is InChI=1S/C13H21NS/c1-3-7-12-8-4-5-9-13(12)14-10-6-11-15-2/h4-5,8-9,14H,3,6-7,10-11H2,1-2H3. The van der Waals surface area contributed by atoms with E-state index in [0.717, 1.165) is 6.54 Å². The summed E-state index contributed by atoms with van der Waals surface area (Å²) in [5, 5.41) is 3.52. The fraction of sp³-hybridized carbons (Fsp3) is 0.538. The average molecular weight is 223 g/mol. The van der Waals surface area contributed by atoms with E-state index in [-0.39, 0.29) is 0 Å². The summed E-state index contributed by atoms with van der Waals surface area (Å²) in [6.07, 6.45) is 5.78. The molecule has 0 spiro atoms. The average Bonchev–Trinajstić information content (AvgIpc) is 2.27. The van der Waals surface area contributed by atoms with E-state index < -0.39 is 0 Å². The highest BCUT2D eigenvalue weighted by atomic mass is 32.2. The van der Waals surface area contributed by atoms with Gasteiger partial charge in [-0.25, -0.2) is 0 Å². The van der Waals surface area contributed by atoms with E-state index in [1.807, 2.05) is 11.8 Å². The van der Waals surface area contributed by atoms with Gasteiger partial charge in [-0.3, -0.25) is 0 Å². The third-order valence-corrected chi connectivity index (χ3v) is 3.07. The molecule has 0 radical (unpaired) electrons. The summed E-state index contributed by atoms with van der Waals surface area (Å²) in [7, 11) is 0. The number of hydrogen-bond acceptors (Lipinski definition) is 2. The molecule has 1 aromatic rings. The Morgan fingerprint density at radius 2 is 2.07 bits per heavy atom. The number of anilines is 1. The Morgan fingerprint density at radius 1 is 1.27 bits per heavy atom. The Morgan fingerprint density at radius 3 is 2.80 bits per heavy atom. The highest BCUT2D eigenvalue weighted by Crippen LogP contribution is 2.16. The first-order valence-electron chi connectivity index (χ1n) is 5.69. The van der Waals surface area contributed by atoms with Gasteiger partial charge in [-0.2, -0.15) is 11.8 Å². The Bertz CT molecular complexity index is 273. The molecule has 1 nitrogen and oxygen atoms in total. The van der Waals surface area contributed by atoms with Crippen LogP contribution in [0.1, 0.15) is 25.3 Å². The van der Waals surface area contributed by atoms with Crippen molar-refractivity contribution in [2.24, 2.45) is 0 Å². The summed E-state index contributed by atoms with van der Waals surface area (Å²) in [5.41, 5.74) is 2.77. The monoisotopic (exact) mass is 223 g/mol. The van der Waals surface area contributed by atoms with Gasteiger partial charge in [-0.1, -0.05) is 31.5 Å². The lowest BCUT2D eigenvalue weighted by molar-refractivity contribution is 0.914. The van der Waals surface area contributed by atoms with Crippen LogP contribution in [0.2, 0.25) is 0 Å². The summed E-state index contributed by atoms with van der Waals surface area (Å²) in [4.78, 5) is 0. The molecule has 1 rings (SSSR count). The van der Waals surface area contributed by atoms with Crippen LogP contribution in [0.15, 0.2) is 24.3 Å². The normalized spacial score (nSPS) is 10.3. The summed E-state index contributed by atoms with van der Waals surface area (Å²) < 4.78 is 0. The number of hydrogen-bond donors (Lipinski definition) is 1. The first kappa shape index (κ1) is 12.4. The van der Waals surface area contributed by atoms with Crippen molar-refractivity contribution in [2.75, 3.05) is 23.9 Å². The van der Waals surface area contributed by atoms with E-state index in [9.17, 15) is 0 Å². The minimum Gasteiger partial charge on any atom is -0.385 e. The zero-order valence-electron chi connectivity index (χ0n) is 9.75. The first-order valence-corrected chi connectivity index (χ1v) is 7.08. The molecule has 0 fully saturated rings. The number of rotatable bonds is 7. The molecule has 2 heteroatoms. The fourth-order valence-corrected chi connectivity index (χ4v) is 2.05. The van der Waals surface area contributed by atoms with Crippen molar-refractivity contribution >= 4 is 17.4 Å². The Kier molecular flexibility index (Phi) is 6.33. The summed E-state index contributed by atoms with van der Waals surface area (Å²) >= 11 is 1.91. The molecule has 0 heterocycles. The molecule has 0 aliphatic heterocycles. The highest BCUT2D eigenvalue weighted by molar-refractivity contribution is 7.98. The number of thioether (sulfide) groups is 1. The molecule has 0 unspecified atom stereocenters. The fourth-order valence-electron chi connectivity index (χ4n) is 1.62. The van der Waals surface area contributed by atoms with E-state index >= 15 is 0 Å². The van der Waals surface area contributed by atoms with E-state index in [0.29, 0.717) is 0 Å². The van der Waals surface area contributed by atoms with Gasteiger partial charge in [0, 0.05) is 12.2 Å². The molecule has 0 aliphatic rings. The van der Waals surface area contributed by atoms with Gasteiger partial charge >= 0.3 is 0 Å². The minimum absolute atomic E-state index is 1.08. The maximum Gasteiger partial charge on any atom is 0.0372 e. The second-order valence-corrected chi connectivity index (χ2v) is 4.67. The van der Waals surface area contributed by atoms with Crippen molar-refractivity contribution < 1.29 is 0 Å². The number of para-hydroxylation sites is 1. The van der Waals surface area contributed by atoms with Gasteiger partial charge in [0.25, 0.3) is 0 Å². The van der Waals surface area contributed by atoms with Crippen molar-refractivity contribution in [3.63, 3.8) is 0 Å². The van der Waals surface area contributed by atoms with Crippen LogP contribution in [0.25, 0.3) is 0 Å². The number of nitrogens with one attached hydrogen (secondary N) is 1. The highest BCUT2D eigenvalue weighted by Gasteiger charge is 1.98. The van der Waals surface area contributed by atoms with Gasteiger partial charge in [-0.05, 0) is 36.5 Å². The molecule has 0 amide bonds. The molecule has 0 aromatic heterocycles. The van der Waals surface area contributed by atoms with Crippen molar-refractivity contribution in [1.82, 2.24) is 0 Å². The van der Waals surface area contributed by atoms with Crippen LogP contribution >= 0.6 is 11.8 Å². The van der Waals surface area contributed by atoms with Crippen molar-refractivity contribution in [3.05, 3.63) is 29.8 Å². The largest absolute Gasteiger partial charge is 0.385 e. The maximum atomic E-state index is 3.52. The quantitative estimate of drug-likeness (QED) is 0.706. The maximum absolute atomic E-state index is 3.52. The predicted molar refractivity (Wildman–Crippen MR) is 71.9 cm³/mol. The lowest BCUT2D eigenvalue weighted by atomic mass is 10.1. The lowest BCUT2D eigenvalue weighted by Gasteiger charge is -2.10. The van der Waals surface area contributed by atoms with Gasteiger partial charge in [0.2, 0.25) is 0 Å². The predicted octanol–water partition coefficient (Wildman–Crippen LogP) is 3.80. The van der Waals surface area contributed by atoms with Gasteiger partial charge < -0.3 is 5.32 Å². The SMILES string of the molecule is CCCc1ccccc1NCCCSC. The van der Waals surface area contributed by atoms with E-state index in [1.165, 1.54) is 36.3 Å². The molecule has 1 aromatic carbocycles. The van der Waals surface area contributed by atoms with Crippen LogP contribution in [0.4, 0.5) is 5.69 Å². The van der Waals surface area contributed by atoms with Crippen LogP contribution in [-0.2, 0) is 6.42 Å². The smallest absolute Gasteiger partial charge is 0.0372 e. The topological polar surface area (TPSA) is 12.0 Å². The Hall–Kier alpha value is -0.630. The van der Waals surface area contributed by atoms with Crippen LogP contribution in [0.5, 0.6) is 0 Å². The van der Waals surface area contributed by atoms with Crippen LogP contribution in [0.3, 0.4) is 0 Å². The van der Waals surface area contributed by atoms with E-state index in [1.54, 1.807) is 0 Å². The third-order valence-electron chi connectivity index (χ3n) is 2.38. The molecule has 0 bridgehead atoms. The minimum atomic E-state index is 1.08. The van der Waals surface area contributed by atoms with Gasteiger partial charge in [-0.15, -0.1) is 0 Å². The Labute approximate surface area is 97.7 Å². The zero-order valence-corrected chi connectivity index (χ0v) is 10.6. The number of benzene rings is 1. The van der Waals surface area contributed by atoms with Gasteiger partial charge in [0.1, 0.15) is 0 Å². The summed E-state index contributed by atoms with van der Waals surface area (Å²) in [6.45, 7) is 3.31. The molecule has 0 atom stereocenters. The summed E-state index contributed by atoms with van der Waals surface area (Å²) in [6, 6.07) is 8.64. The van der Waals surface area contributed by atoms with Crippen molar-refractivity contribution in [3.8, 4) is 0 Å².